The number of hydrogen-bond donors (Lipinski definition) is 0. The van der Waals surface area contributed by atoms with E-state index in [1.54, 1.807) is 11.3 Å². The van der Waals surface area contributed by atoms with Crippen LogP contribution in [0.25, 0.3) is 75.9 Å². The summed E-state index contributed by atoms with van der Waals surface area (Å²) in [5.41, 5.74) is 10.6. The van der Waals surface area contributed by atoms with Gasteiger partial charge in [0.2, 0.25) is 0 Å². The Kier molecular flexibility index (Phi) is 4.47. The highest BCUT2D eigenvalue weighted by atomic mass is 32.1. The molecule has 3 aliphatic carbocycles. The van der Waals surface area contributed by atoms with Gasteiger partial charge in [0, 0.05) is 48.8 Å². The maximum atomic E-state index is 13.8. The predicted molar refractivity (Wildman–Crippen MR) is 178 cm³/mol. The van der Waals surface area contributed by atoms with Crippen LogP contribution in [-0.2, 0) is 0 Å². The number of thiophene rings is 1. The highest BCUT2D eigenvalue weighted by Crippen LogP contribution is 2.50. The van der Waals surface area contributed by atoms with Crippen molar-refractivity contribution in [3.63, 3.8) is 0 Å². The van der Waals surface area contributed by atoms with Crippen LogP contribution in [0, 0.1) is 0 Å². The molecule has 10 rings (SSSR count). The number of rotatable bonds is 2. The minimum absolute atomic E-state index is 0.126. The average molecular weight is 567 g/mol. The molecule has 200 valence electrons. The Morgan fingerprint density at radius 3 is 1.86 bits per heavy atom. The van der Waals surface area contributed by atoms with Crippen LogP contribution >= 0.6 is 11.3 Å². The van der Waals surface area contributed by atoms with E-state index >= 15 is 0 Å². The molecule has 0 amide bonds. The molecule has 0 saturated heterocycles. The van der Waals surface area contributed by atoms with Crippen molar-refractivity contribution in [2.24, 2.45) is 0 Å². The van der Waals surface area contributed by atoms with E-state index in [0.29, 0.717) is 0 Å². The number of nitrogens with zero attached hydrogens (tertiary/aromatic N) is 2. The van der Waals surface area contributed by atoms with Crippen molar-refractivity contribution in [3.05, 3.63) is 145 Å². The molecule has 0 radical (unpaired) electrons. The lowest BCUT2D eigenvalue weighted by Gasteiger charge is -2.09. The van der Waals surface area contributed by atoms with Crippen LogP contribution in [0.5, 0.6) is 0 Å². The molecule has 0 bridgehead atoms. The summed E-state index contributed by atoms with van der Waals surface area (Å²) in [7, 11) is 0. The van der Waals surface area contributed by atoms with E-state index in [2.05, 4.69) is 124 Å². The summed E-state index contributed by atoms with van der Waals surface area (Å²) < 4.78 is 4.72. The molecule has 3 aliphatic rings. The summed E-state index contributed by atoms with van der Waals surface area (Å²) >= 11 is 1.71. The monoisotopic (exact) mass is 566 g/mol. The van der Waals surface area contributed by atoms with Crippen molar-refractivity contribution in [1.82, 2.24) is 9.13 Å². The Morgan fingerprint density at radius 1 is 0.465 bits per heavy atom. The topological polar surface area (TPSA) is 26.9 Å². The maximum absolute atomic E-state index is 13.8. The fourth-order valence-corrected chi connectivity index (χ4v) is 8.43. The molecular weight excluding hydrogens is 545 g/mol. The molecule has 43 heavy (non-hydrogen) atoms. The van der Waals surface area contributed by atoms with Crippen LogP contribution in [0.2, 0.25) is 0 Å². The molecule has 0 atom stereocenters. The zero-order valence-electron chi connectivity index (χ0n) is 22.9. The van der Waals surface area contributed by atoms with Gasteiger partial charge in [-0.15, -0.1) is 11.3 Å². The smallest absolute Gasteiger partial charge is 0.195 e. The number of benzene rings is 4. The van der Waals surface area contributed by atoms with Gasteiger partial charge >= 0.3 is 0 Å². The Labute approximate surface area is 250 Å². The number of carbonyl (C=O) groups excluding carboxylic acids is 1. The van der Waals surface area contributed by atoms with Gasteiger partial charge in [-0.1, -0.05) is 84.9 Å². The van der Waals surface area contributed by atoms with Gasteiger partial charge in [-0.05, 0) is 59.7 Å². The van der Waals surface area contributed by atoms with Crippen LogP contribution in [0.1, 0.15) is 15.9 Å². The summed E-state index contributed by atoms with van der Waals surface area (Å²) in [6, 6.07) is 47.1. The second kappa shape index (κ2) is 8.31. The number of ketones is 1. The van der Waals surface area contributed by atoms with Crippen molar-refractivity contribution in [2.75, 3.05) is 0 Å². The normalized spacial score (nSPS) is 12.7. The minimum atomic E-state index is 0.126. The van der Waals surface area contributed by atoms with E-state index in [4.69, 9.17) is 0 Å². The zero-order valence-corrected chi connectivity index (χ0v) is 23.7. The second-order valence-electron chi connectivity index (χ2n) is 11.3. The number of hydrogen-bond acceptors (Lipinski definition) is 2. The van der Waals surface area contributed by atoms with E-state index in [9.17, 15) is 4.79 Å². The fraction of sp³-hybridized carbons (Fsp3) is 0. The van der Waals surface area contributed by atoms with Crippen molar-refractivity contribution >= 4 is 60.7 Å². The Morgan fingerprint density at radius 2 is 1.09 bits per heavy atom. The van der Waals surface area contributed by atoms with Crippen LogP contribution < -0.4 is 0 Å². The molecule has 3 nitrogen and oxygen atoms in total. The molecule has 7 aromatic rings. The van der Waals surface area contributed by atoms with Gasteiger partial charge in [0.1, 0.15) is 5.00 Å². The van der Waals surface area contributed by atoms with Crippen molar-refractivity contribution < 1.29 is 4.79 Å². The van der Waals surface area contributed by atoms with E-state index in [1.165, 1.54) is 32.6 Å². The first-order valence-corrected chi connectivity index (χ1v) is 15.3. The van der Waals surface area contributed by atoms with Crippen molar-refractivity contribution in [2.45, 2.75) is 0 Å². The van der Waals surface area contributed by atoms with Gasteiger partial charge in [-0.3, -0.25) is 4.79 Å². The third-order valence-corrected chi connectivity index (χ3v) is 10.2. The molecule has 0 saturated carbocycles. The van der Waals surface area contributed by atoms with Crippen LogP contribution in [0.3, 0.4) is 0 Å². The molecule has 0 fully saturated rings. The largest absolute Gasteiger partial charge is 0.309 e. The van der Waals surface area contributed by atoms with Crippen molar-refractivity contribution in [1.29, 1.82) is 0 Å². The van der Waals surface area contributed by atoms with Gasteiger partial charge in [0.25, 0.3) is 0 Å². The Balaban J connectivity index is 1.29. The molecule has 0 aliphatic heterocycles. The summed E-state index contributed by atoms with van der Waals surface area (Å²) in [5, 5.41) is 5.96. The number of carbonyl (C=O) groups is 1. The Hall–Kier alpha value is -5.45. The summed E-state index contributed by atoms with van der Waals surface area (Å²) in [6.45, 7) is 0. The first kappa shape index (κ1) is 23.1. The molecule has 4 aromatic carbocycles. The lowest BCUT2D eigenvalue weighted by molar-refractivity contribution is 0.104. The first-order chi connectivity index (χ1) is 21.3. The van der Waals surface area contributed by atoms with E-state index in [1.807, 2.05) is 18.2 Å². The van der Waals surface area contributed by atoms with Crippen LogP contribution in [-0.4, -0.2) is 14.9 Å². The number of aromatic nitrogens is 2. The van der Waals surface area contributed by atoms with Gasteiger partial charge in [-0.25, -0.2) is 0 Å². The molecule has 3 aromatic heterocycles. The molecule has 3 heterocycles. The quantitative estimate of drug-likeness (QED) is 0.204. The molecule has 0 N–H and O–H groups in total. The van der Waals surface area contributed by atoms with E-state index in [0.717, 1.165) is 54.4 Å². The second-order valence-corrected chi connectivity index (χ2v) is 12.3. The zero-order chi connectivity index (χ0) is 28.2. The molecule has 4 heteroatoms. The lowest BCUT2D eigenvalue weighted by atomic mass is 10.1. The van der Waals surface area contributed by atoms with Gasteiger partial charge in [0.05, 0.1) is 22.1 Å². The first-order valence-electron chi connectivity index (χ1n) is 14.5. The molecule has 0 spiro atoms. The molecular formula is C39H22N2OS. The summed E-state index contributed by atoms with van der Waals surface area (Å²) in [5.74, 6) is 0.126. The highest BCUT2D eigenvalue weighted by Gasteiger charge is 2.34. The molecule has 0 unspecified atom stereocenters. The van der Waals surface area contributed by atoms with Crippen LogP contribution in [0.15, 0.2) is 133 Å². The highest BCUT2D eigenvalue weighted by molar-refractivity contribution is 7.18. The summed E-state index contributed by atoms with van der Waals surface area (Å²) in [6.07, 6.45) is 0. The standard InChI is InChI=1S/C39H22N2OS/c42-38-31-21-36(43-39(31)30-19-23-11-3-1-6-14-25(23)37(30)38)41-33-18-10-8-16-27(33)29-20-28-26-15-7-9-17-32(26)40(34(28)22-35(29)41)24-12-4-2-5-13-24/h1-22H. The van der Waals surface area contributed by atoms with Crippen LogP contribution in [0.4, 0.5) is 0 Å². The van der Waals surface area contributed by atoms with Gasteiger partial charge in [0.15, 0.2) is 5.78 Å². The van der Waals surface area contributed by atoms with Gasteiger partial charge < -0.3 is 9.13 Å². The summed E-state index contributed by atoms with van der Waals surface area (Å²) in [4.78, 5) is 14.9. The van der Waals surface area contributed by atoms with Gasteiger partial charge in [-0.2, -0.15) is 0 Å². The van der Waals surface area contributed by atoms with Crippen molar-refractivity contribution in [3.8, 4) is 32.3 Å². The SMILES string of the molecule is O=C1c2cc(-n3c4ccccc4c4cc5c6ccccc6n(-c6ccccc6)c5cc43)sc2-c2cc3cccccc-3c21. The van der Waals surface area contributed by atoms with E-state index < -0.39 is 0 Å². The Bertz CT molecular complexity index is 2580. The van der Waals surface area contributed by atoms with E-state index in [-0.39, 0.29) is 5.78 Å². The fourth-order valence-electron chi connectivity index (χ4n) is 7.23. The third-order valence-electron chi connectivity index (χ3n) is 9.05. The minimum Gasteiger partial charge on any atom is -0.309 e. The number of fused-ring (bicyclic) bond motifs is 11. The maximum Gasteiger partial charge on any atom is 0.195 e. The predicted octanol–water partition coefficient (Wildman–Crippen LogP) is 10.3. The lowest BCUT2D eigenvalue weighted by Crippen LogP contribution is -1.96. The third kappa shape index (κ3) is 3.00. The number of para-hydroxylation sites is 3. The average Bonchev–Trinajstić information content (AvgIpc) is 3.80.